The summed E-state index contributed by atoms with van der Waals surface area (Å²) in [5, 5.41) is 0. The van der Waals surface area contributed by atoms with Crippen LogP contribution in [0.25, 0.3) is 0 Å². The molecule has 0 bridgehead atoms. The molecule has 1 saturated carbocycles. The predicted octanol–water partition coefficient (Wildman–Crippen LogP) is 3.08. The molecule has 2 saturated heterocycles. The highest BCUT2D eigenvalue weighted by Crippen LogP contribution is 2.51. The number of carbonyl (C=O) groups is 4. The predicted molar refractivity (Wildman–Crippen MR) is 153 cm³/mol. The summed E-state index contributed by atoms with van der Waals surface area (Å²) in [4.78, 5) is 57.3. The van der Waals surface area contributed by atoms with Gasteiger partial charge < -0.3 is 0 Å². The van der Waals surface area contributed by atoms with Crippen molar-refractivity contribution in [1.82, 2.24) is 28.7 Å². The molecule has 4 aliphatic heterocycles. The first-order chi connectivity index (χ1) is 18.9. The molecular weight excluding hydrogens is 577 g/mol. The number of rotatable bonds is 7. The number of imide groups is 2. The molecule has 7 rings (SSSR count). The normalized spacial score (nSPS) is 31.3. The SMILES string of the molecule is CCCCCCN1C(=O)c2cc(C3C4NSNC4C(c4cc5c(s4)C(=O)N(C)C5=O)C4NSNC43)sc2C1=O. The number of carbonyl (C=O) groups excluding carboxylic acids is 4. The van der Waals surface area contributed by atoms with Gasteiger partial charge in [-0.1, -0.05) is 26.2 Å². The van der Waals surface area contributed by atoms with E-state index in [1.807, 2.05) is 12.1 Å². The lowest BCUT2D eigenvalue weighted by molar-refractivity contribution is 0.0647. The number of nitrogens with zero attached hydrogens (tertiary/aromatic N) is 2. The lowest BCUT2D eigenvalue weighted by atomic mass is 9.68. The molecule has 5 aliphatic rings. The maximum absolute atomic E-state index is 13.2. The highest BCUT2D eigenvalue weighted by Gasteiger charge is 2.57. The molecule has 1 aliphatic carbocycles. The number of fused-ring (bicyclic) bond motifs is 4. The number of thiophene rings is 2. The fraction of sp³-hybridized carbons (Fsp3) is 0.520. The topological polar surface area (TPSA) is 123 Å². The van der Waals surface area contributed by atoms with E-state index in [1.165, 1.54) is 63.8 Å². The maximum Gasteiger partial charge on any atom is 0.271 e. The van der Waals surface area contributed by atoms with E-state index in [9.17, 15) is 19.2 Å². The Bertz CT molecular complexity index is 1300. The van der Waals surface area contributed by atoms with Crippen molar-refractivity contribution in [1.29, 1.82) is 0 Å². The van der Waals surface area contributed by atoms with Gasteiger partial charge in [-0.15, -0.1) is 22.7 Å². The van der Waals surface area contributed by atoms with E-state index >= 15 is 0 Å². The van der Waals surface area contributed by atoms with Crippen molar-refractivity contribution in [3.8, 4) is 0 Å². The zero-order chi connectivity index (χ0) is 27.0. The summed E-state index contributed by atoms with van der Waals surface area (Å²) in [6.07, 6.45) is 4.06. The van der Waals surface area contributed by atoms with Gasteiger partial charge in [-0.05, 0) is 18.6 Å². The Hall–Kier alpha value is -1.78. The first kappa shape index (κ1) is 26.1. The van der Waals surface area contributed by atoms with Gasteiger partial charge in [0, 0.05) is 83.6 Å². The Morgan fingerprint density at radius 1 is 0.692 bits per heavy atom. The average Bonchev–Trinajstić information content (AvgIpc) is 3.77. The number of hydrogen-bond donors (Lipinski definition) is 4. The minimum Gasteiger partial charge on any atom is -0.277 e. The first-order valence-corrected chi connectivity index (χ1v) is 16.5. The molecule has 2 aromatic rings. The fourth-order valence-corrected chi connectivity index (χ4v) is 10.9. The Labute approximate surface area is 242 Å². The van der Waals surface area contributed by atoms with Crippen LogP contribution in [0.5, 0.6) is 0 Å². The van der Waals surface area contributed by atoms with Crippen LogP contribution < -0.4 is 18.9 Å². The summed E-state index contributed by atoms with van der Waals surface area (Å²) < 4.78 is 14.2. The molecule has 39 heavy (non-hydrogen) atoms. The van der Waals surface area contributed by atoms with Gasteiger partial charge in [0.25, 0.3) is 23.6 Å². The molecule has 4 unspecified atom stereocenters. The summed E-state index contributed by atoms with van der Waals surface area (Å²) in [6, 6.07) is 3.87. The third kappa shape index (κ3) is 3.90. The maximum atomic E-state index is 13.2. The second-order valence-electron chi connectivity index (χ2n) is 10.6. The van der Waals surface area contributed by atoms with Gasteiger partial charge in [0.15, 0.2) is 0 Å². The number of unbranched alkanes of at least 4 members (excludes halogenated alkanes) is 3. The molecule has 4 atom stereocenters. The van der Waals surface area contributed by atoms with E-state index in [0.29, 0.717) is 27.4 Å². The molecular formula is C25H28N6O4S4. The summed E-state index contributed by atoms with van der Waals surface area (Å²) in [5.74, 6) is -0.820. The van der Waals surface area contributed by atoms with E-state index < -0.39 is 0 Å². The largest absolute Gasteiger partial charge is 0.277 e. The van der Waals surface area contributed by atoms with Crippen LogP contribution in [0.2, 0.25) is 0 Å². The van der Waals surface area contributed by atoms with Gasteiger partial charge in [-0.25, -0.2) is 18.9 Å². The van der Waals surface area contributed by atoms with Crippen LogP contribution in [-0.4, -0.2) is 71.2 Å². The molecule has 3 fully saturated rings. The van der Waals surface area contributed by atoms with E-state index in [4.69, 9.17) is 0 Å². The first-order valence-electron chi connectivity index (χ1n) is 13.2. The number of hydrogen-bond acceptors (Lipinski definition) is 12. The van der Waals surface area contributed by atoms with E-state index in [1.54, 1.807) is 0 Å². The van der Waals surface area contributed by atoms with Gasteiger partial charge in [-0.2, -0.15) is 0 Å². The van der Waals surface area contributed by atoms with E-state index in [2.05, 4.69) is 25.8 Å². The van der Waals surface area contributed by atoms with Crippen molar-refractivity contribution in [3.63, 3.8) is 0 Å². The summed E-state index contributed by atoms with van der Waals surface area (Å²) in [5.41, 5.74) is 1.01. The third-order valence-corrected chi connectivity index (χ3v) is 12.5. The van der Waals surface area contributed by atoms with Crippen molar-refractivity contribution in [2.75, 3.05) is 13.6 Å². The van der Waals surface area contributed by atoms with Gasteiger partial charge in [0.2, 0.25) is 0 Å². The Morgan fingerprint density at radius 2 is 1.21 bits per heavy atom. The lowest BCUT2D eigenvalue weighted by Crippen LogP contribution is -2.61. The minimum absolute atomic E-state index is 0.00867. The zero-order valence-electron chi connectivity index (χ0n) is 21.3. The number of amides is 4. The van der Waals surface area contributed by atoms with Crippen molar-refractivity contribution in [2.45, 2.75) is 68.6 Å². The summed E-state index contributed by atoms with van der Waals surface area (Å²) in [7, 11) is 1.52. The van der Waals surface area contributed by atoms with E-state index in [0.717, 1.165) is 35.4 Å². The number of nitrogens with one attached hydrogen (secondary N) is 4. The zero-order valence-corrected chi connectivity index (χ0v) is 24.6. The van der Waals surface area contributed by atoms with E-state index in [-0.39, 0.29) is 59.6 Å². The van der Waals surface area contributed by atoms with Crippen molar-refractivity contribution >= 4 is 70.6 Å². The quantitative estimate of drug-likeness (QED) is 0.213. The second-order valence-corrected chi connectivity index (χ2v) is 14.1. The van der Waals surface area contributed by atoms with Gasteiger partial charge in [0.1, 0.15) is 9.75 Å². The molecule has 10 nitrogen and oxygen atoms in total. The third-order valence-electron chi connectivity index (χ3n) is 8.44. The molecule has 0 spiro atoms. The van der Waals surface area contributed by atoms with Crippen LogP contribution in [0.3, 0.4) is 0 Å². The molecule has 0 aromatic carbocycles. The standard InChI is InChI=1S/C25H28N6O4S4/c1-3-4-5-6-7-31-23(33)11-9-13(37-21(11)25(31)35)15-18-16(26-38-28-18)14(17-19(15)29-39-27-17)12-8-10-20(36-12)24(34)30(2)22(10)32/h8-9,14-19,26-29H,3-7H2,1-2H3. The van der Waals surface area contributed by atoms with Crippen LogP contribution in [0.15, 0.2) is 12.1 Å². The molecule has 0 radical (unpaired) electrons. The van der Waals surface area contributed by atoms with Crippen LogP contribution in [0.4, 0.5) is 0 Å². The van der Waals surface area contributed by atoms with Crippen LogP contribution >= 0.6 is 46.9 Å². The molecule has 14 heteroatoms. The molecule has 6 heterocycles. The fourth-order valence-electron chi connectivity index (χ4n) is 6.44. The van der Waals surface area contributed by atoms with Crippen molar-refractivity contribution in [3.05, 3.63) is 42.8 Å². The monoisotopic (exact) mass is 604 g/mol. The Kier molecular flexibility index (Phi) is 6.66. The van der Waals surface area contributed by atoms with Crippen LogP contribution in [-0.2, 0) is 0 Å². The molecule has 206 valence electrons. The lowest BCUT2D eigenvalue weighted by Gasteiger charge is -2.45. The Morgan fingerprint density at radius 3 is 1.69 bits per heavy atom. The smallest absolute Gasteiger partial charge is 0.271 e. The molecule has 2 aromatic heterocycles. The summed E-state index contributed by atoms with van der Waals surface area (Å²) >= 11 is 5.76. The Balaban J connectivity index is 1.18. The highest BCUT2D eigenvalue weighted by atomic mass is 32.2. The van der Waals surface area contributed by atoms with Crippen LogP contribution in [0, 0.1) is 0 Å². The van der Waals surface area contributed by atoms with Crippen molar-refractivity contribution in [2.24, 2.45) is 0 Å². The molecule has 4 amide bonds. The molecule has 4 N–H and O–H groups in total. The van der Waals surface area contributed by atoms with Gasteiger partial charge in [-0.3, -0.25) is 29.0 Å². The average molecular weight is 605 g/mol. The van der Waals surface area contributed by atoms with Gasteiger partial charge >= 0.3 is 0 Å². The highest BCUT2D eigenvalue weighted by molar-refractivity contribution is 7.96. The van der Waals surface area contributed by atoms with Gasteiger partial charge in [0.05, 0.1) is 11.1 Å². The summed E-state index contributed by atoms with van der Waals surface area (Å²) in [6.45, 7) is 2.62. The van der Waals surface area contributed by atoms with Crippen molar-refractivity contribution < 1.29 is 19.2 Å². The minimum atomic E-state index is -0.250. The second kappa shape index (κ2) is 9.94. The van der Waals surface area contributed by atoms with Crippen LogP contribution in [0.1, 0.15) is 94.3 Å².